The van der Waals surface area contributed by atoms with Crippen LogP contribution in [0.2, 0.25) is 0 Å². The Morgan fingerprint density at radius 3 is 2.48 bits per heavy atom. The lowest BCUT2D eigenvalue weighted by molar-refractivity contribution is -0.140. The predicted molar refractivity (Wildman–Crippen MR) is 91.3 cm³/mol. The zero-order chi connectivity index (χ0) is 18.7. The number of carbonyl (C=O) groups is 2. The van der Waals surface area contributed by atoms with E-state index >= 15 is 0 Å². The van der Waals surface area contributed by atoms with Crippen LogP contribution in [0.3, 0.4) is 0 Å². The molecule has 0 aliphatic carbocycles. The first-order valence-electron chi connectivity index (χ1n) is 8.11. The molecule has 0 saturated heterocycles. The van der Waals surface area contributed by atoms with E-state index in [2.05, 4.69) is 10.4 Å². The molecule has 0 aliphatic heterocycles. The summed E-state index contributed by atoms with van der Waals surface area (Å²) in [6.45, 7) is 7.20. The molecule has 0 spiro atoms. The van der Waals surface area contributed by atoms with Crippen molar-refractivity contribution in [3.8, 4) is 5.69 Å². The number of nitrogens with zero attached hydrogens (tertiary/aromatic N) is 2. The molecule has 1 heterocycles. The lowest BCUT2D eigenvalue weighted by Gasteiger charge is -2.20. The zero-order valence-electron chi connectivity index (χ0n) is 14.7. The third-order valence-corrected chi connectivity index (χ3v) is 4.21. The van der Waals surface area contributed by atoms with Gasteiger partial charge in [-0.3, -0.25) is 4.79 Å². The van der Waals surface area contributed by atoms with Crippen LogP contribution in [0.15, 0.2) is 24.3 Å². The van der Waals surface area contributed by atoms with Crippen molar-refractivity contribution in [3.05, 3.63) is 47.0 Å². The minimum atomic E-state index is -1.11. The molecule has 0 unspecified atom stereocenters. The highest BCUT2D eigenvalue weighted by atomic mass is 19.1. The van der Waals surface area contributed by atoms with E-state index in [9.17, 15) is 19.1 Å². The third-order valence-electron chi connectivity index (χ3n) is 4.21. The number of carboxylic acid groups (broad SMARTS) is 1. The van der Waals surface area contributed by atoms with E-state index in [4.69, 9.17) is 0 Å². The Balaban J connectivity index is 2.26. The highest BCUT2D eigenvalue weighted by molar-refractivity contribution is 5.96. The quantitative estimate of drug-likeness (QED) is 0.841. The first-order chi connectivity index (χ1) is 11.7. The van der Waals surface area contributed by atoms with E-state index in [0.29, 0.717) is 6.42 Å². The van der Waals surface area contributed by atoms with Crippen molar-refractivity contribution in [1.29, 1.82) is 0 Å². The standard InChI is InChI=1S/C18H22FN3O3/c1-5-10(2)16(18(24)25)20-17(23)13-6-7-15(14(19)9-13)22-12(4)8-11(3)21-22/h6-10,16H,5H2,1-4H3,(H,20,23)(H,24,25)/t10-,16-/m0/s1. The molecular formula is C18H22FN3O3. The highest BCUT2D eigenvalue weighted by Crippen LogP contribution is 2.18. The molecule has 2 atom stereocenters. The predicted octanol–water partition coefficient (Wildman–Crippen LogP) is 2.86. The summed E-state index contributed by atoms with van der Waals surface area (Å²) in [5.41, 5.74) is 1.84. The normalized spacial score (nSPS) is 13.3. The molecule has 1 aromatic heterocycles. The molecule has 1 amide bonds. The lowest BCUT2D eigenvalue weighted by atomic mass is 9.99. The zero-order valence-corrected chi connectivity index (χ0v) is 14.7. The second-order valence-corrected chi connectivity index (χ2v) is 6.18. The van der Waals surface area contributed by atoms with Crippen LogP contribution in [0, 0.1) is 25.6 Å². The van der Waals surface area contributed by atoms with Gasteiger partial charge in [-0.1, -0.05) is 20.3 Å². The summed E-state index contributed by atoms with van der Waals surface area (Å²) in [7, 11) is 0. The smallest absolute Gasteiger partial charge is 0.326 e. The van der Waals surface area contributed by atoms with Gasteiger partial charge in [0.25, 0.3) is 5.91 Å². The Labute approximate surface area is 145 Å². The van der Waals surface area contributed by atoms with E-state index < -0.39 is 23.7 Å². The second kappa shape index (κ2) is 7.46. The monoisotopic (exact) mass is 347 g/mol. The summed E-state index contributed by atoms with van der Waals surface area (Å²) in [6.07, 6.45) is 0.600. The van der Waals surface area contributed by atoms with E-state index in [1.807, 2.05) is 26.8 Å². The van der Waals surface area contributed by atoms with Gasteiger partial charge in [-0.15, -0.1) is 0 Å². The molecule has 2 rings (SSSR count). The van der Waals surface area contributed by atoms with Crippen LogP contribution in [-0.4, -0.2) is 32.8 Å². The molecule has 2 aromatic rings. The molecule has 134 valence electrons. The topological polar surface area (TPSA) is 84.2 Å². The summed E-state index contributed by atoms with van der Waals surface area (Å²) < 4.78 is 15.9. The van der Waals surface area contributed by atoms with E-state index in [1.165, 1.54) is 16.8 Å². The van der Waals surface area contributed by atoms with Crippen molar-refractivity contribution in [2.75, 3.05) is 0 Å². The van der Waals surface area contributed by atoms with Gasteiger partial charge in [0.1, 0.15) is 17.5 Å². The van der Waals surface area contributed by atoms with Gasteiger partial charge in [0.05, 0.1) is 5.69 Å². The minimum Gasteiger partial charge on any atom is -0.480 e. The number of hydrogen-bond acceptors (Lipinski definition) is 3. The second-order valence-electron chi connectivity index (χ2n) is 6.18. The van der Waals surface area contributed by atoms with Crippen LogP contribution >= 0.6 is 0 Å². The van der Waals surface area contributed by atoms with Crippen LogP contribution in [0.5, 0.6) is 0 Å². The molecule has 1 aromatic carbocycles. The molecule has 0 bridgehead atoms. The van der Waals surface area contributed by atoms with Crippen LogP contribution in [0.4, 0.5) is 4.39 Å². The van der Waals surface area contributed by atoms with E-state index in [-0.39, 0.29) is 17.2 Å². The van der Waals surface area contributed by atoms with Gasteiger partial charge in [-0.25, -0.2) is 13.9 Å². The lowest BCUT2D eigenvalue weighted by Crippen LogP contribution is -2.45. The average molecular weight is 347 g/mol. The number of aliphatic carboxylic acids is 1. The van der Waals surface area contributed by atoms with Crippen LogP contribution < -0.4 is 5.32 Å². The van der Waals surface area contributed by atoms with E-state index in [0.717, 1.165) is 17.5 Å². The van der Waals surface area contributed by atoms with Crippen molar-refractivity contribution in [3.63, 3.8) is 0 Å². The number of nitrogens with one attached hydrogen (secondary N) is 1. The fourth-order valence-electron chi connectivity index (χ4n) is 2.60. The minimum absolute atomic E-state index is 0.0670. The van der Waals surface area contributed by atoms with Gasteiger partial charge >= 0.3 is 5.97 Å². The molecule has 6 nitrogen and oxygen atoms in total. The van der Waals surface area contributed by atoms with Gasteiger partial charge in [0.2, 0.25) is 0 Å². The maximum atomic E-state index is 14.4. The Kier molecular flexibility index (Phi) is 5.56. The van der Waals surface area contributed by atoms with Gasteiger partial charge in [-0.05, 0) is 44.0 Å². The highest BCUT2D eigenvalue weighted by Gasteiger charge is 2.26. The number of aryl methyl sites for hydroxylation is 2. The fraction of sp³-hybridized carbons (Fsp3) is 0.389. The number of carbonyl (C=O) groups excluding carboxylic acids is 1. The number of aromatic nitrogens is 2. The Morgan fingerprint density at radius 2 is 2.00 bits per heavy atom. The summed E-state index contributed by atoms with van der Waals surface area (Å²) >= 11 is 0. The van der Waals surface area contributed by atoms with Crippen molar-refractivity contribution in [2.24, 2.45) is 5.92 Å². The Morgan fingerprint density at radius 1 is 1.32 bits per heavy atom. The number of carboxylic acids is 1. The summed E-state index contributed by atoms with van der Waals surface area (Å²) in [5, 5.41) is 15.9. The van der Waals surface area contributed by atoms with Gasteiger partial charge in [0.15, 0.2) is 0 Å². The van der Waals surface area contributed by atoms with Crippen LogP contribution in [-0.2, 0) is 4.79 Å². The molecule has 7 heteroatoms. The van der Waals surface area contributed by atoms with Gasteiger partial charge < -0.3 is 10.4 Å². The molecule has 0 saturated carbocycles. The largest absolute Gasteiger partial charge is 0.480 e. The maximum absolute atomic E-state index is 14.4. The summed E-state index contributed by atoms with van der Waals surface area (Å²) in [6, 6.07) is 4.82. The number of benzene rings is 1. The first-order valence-corrected chi connectivity index (χ1v) is 8.11. The van der Waals surface area contributed by atoms with Crippen molar-refractivity contribution < 1.29 is 19.1 Å². The maximum Gasteiger partial charge on any atom is 0.326 e. The number of amides is 1. The summed E-state index contributed by atoms with van der Waals surface area (Å²) in [5.74, 6) is -2.57. The van der Waals surface area contributed by atoms with Gasteiger partial charge in [0, 0.05) is 11.3 Å². The van der Waals surface area contributed by atoms with Gasteiger partial charge in [-0.2, -0.15) is 5.10 Å². The number of halogens is 1. The summed E-state index contributed by atoms with van der Waals surface area (Å²) in [4.78, 5) is 23.6. The Bertz CT molecular complexity index is 801. The van der Waals surface area contributed by atoms with Crippen molar-refractivity contribution in [1.82, 2.24) is 15.1 Å². The van der Waals surface area contributed by atoms with Crippen molar-refractivity contribution in [2.45, 2.75) is 40.2 Å². The van der Waals surface area contributed by atoms with Crippen LogP contribution in [0.1, 0.15) is 42.0 Å². The Hall–Kier alpha value is -2.70. The van der Waals surface area contributed by atoms with Crippen LogP contribution in [0.25, 0.3) is 5.69 Å². The average Bonchev–Trinajstić information content (AvgIpc) is 2.89. The fourth-order valence-corrected chi connectivity index (χ4v) is 2.60. The number of rotatable bonds is 6. The molecule has 25 heavy (non-hydrogen) atoms. The molecular weight excluding hydrogens is 325 g/mol. The molecule has 0 aliphatic rings. The first kappa shape index (κ1) is 18.6. The third kappa shape index (κ3) is 4.04. The SMILES string of the molecule is CC[C@H](C)[C@H](NC(=O)c1ccc(-n2nc(C)cc2C)c(F)c1)C(=O)O. The number of hydrogen-bond donors (Lipinski definition) is 2. The molecule has 2 N–H and O–H groups in total. The van der Waals surface area contributed by atoms with Crippen molar-refractivity contribution >= 4 is 11.9 Å². The van der Waals surface area contributed by atoms with E-state index in [1.54, 1.807) is 6.92 Å². The molecule has 0 fully saturated rings. The molecule has 0 radical (unpaired) electrons.